The van der Waals surface area contributed by atoms with Crippen LogP contribution >= 0.6 is 12.4 Å². The van der Waals surface area contributed by atoms with Crippen LogP contribution in [-0.4, -0.2) is 18.8 Å². The highest BCUT2D eigenvalue weighted by Gasteiger charge is 2.44. The first-order valence-corrected chi connectivity index (χ1v) is 6.23. The van der Waals surface area contributed by atoms with Gasteiger partial charge in [-0.1, -0.05) is 12.1 Å². The number of hydrogen-bond donors (Lipinski definition) is 1. The van der Waals surface area contributed by atoms with E-state index >= 15 is 0 Å². The Bertz CT molecular complexity index is 451. The Kier molecular flexibility index (Phi) is 3.47. The van der Waals surface area contributed by atoms with Crippen molar-refractivity contribution in [2.24, 2.45) is 5.73 Å². The molecule has 100 valence electrons. The fraction of sp³-hybridized carbons (Fsp3) is 0.571. The van der Waals surface area contributed by atoms with Gasteiger partial charge >= 0.3 is 0 Å². The average Bonchev–Trinajstić information content (AvgIpc) is 2.26. The minimum Gasteiger partial charge on any atom is -0.493 e. The Morgan fingerprint density at radius 1 is 1.39 bits per heavy atom. The van der Waals surface area contributed by atoms with Gasteiger partial charge in [-0.3, -0.25) is 0 Å². The first-order chi connectivity index (χ1) is 8.11. The van der Waals surface area contributed by atoms with Crippen LogP contribution in [0, 0.1) is 0 Å². The molecule has 1 aliphatic carbocycles. The summed E-state index contributed by atoms with van der Waals surface area (Å²) in [4.78, 5) is 0. The zero-order chi connectivity index (χ0) is 12.0. The molecule has 1 aromatic rings. The van der Waals surface area contributed by atoms with Gasteiger partial charge in [0.25, 0.3) is 0 Å². The highest BCUT2D eigenvalue weighted by atomic mass is 35.5. The second-order valence-electron chi connectivity index (χ2n) is 5.53. The first-order valence-electron chi connectivity index (χ1n) is 6.23. The van der Waals surface area contributed by atoms with Crippen LogP contribution in [0.4, 0.5) is 0 Å². The van der Waals surface area contributed by atoms with Gasteiger partial charge in [0.05, 0.1) is 7.11 Å². The molecule has 1 aromatic carbocycles. The van der Waals surface area contributed by atoms with E-state index in [0.29, 0.717) is 5.92 Å². The van der Waals surface area contributed by atoms with E-state index in [2.05, 4.69) is 13.0 Å². The first kappa shape index (κ1) is 13.5. The van der Waals surface area contributed by atoms with Crippen molar-refractivity contribution in [3.05, 3.63) is 23.8 Å². The molecular weight excluding hydrogens is 250 g/mol. The summed E-state index contributed by atoms with van der Waals surface area (Å²) in [5.41, 5.74) is 7.27. The van der Waals surface area contributed by atoms with Crippen LogP contribution in [0.25, 0.3) is 0 Å². The van der Waals surface area contributed by atoms with Crippen molar-refractivity contribution >= 4 is 12.4 Å². The van der Waals surface area contributed by atoms with Crippen LogP contribution in [0.5, 0.6) is 11.5 Å². The number of hydrogen-bond acceptors (Lipinski definition) is 3. The monoisotopic (exact) mass is 269 g/mol. The molecule has 3 atom stereocenters. The van der Waals surface area contributed by atoms with E-state index in [1.807, 2.05) is 12.1 Å². The van der Waals surface area contributed by atoms with Gasteiger partial charge in [0.1, 0.15) is 5.60 Å². The molecule has 2 bridgehead atoms. The van der Waals surface area contributed by atoms with Crippen molar-refractivity contribution in [1.82, 2.24) is 0 Å². The molecule has 1 aliphatic heterocycles. The molecule has 0 saturated heterocycles. The number of benzene rings is 1. The Morgan fingerprint density at radius 3 is 2.89 bits per heavy atom. The number of nitrogens with two attached hydrogens (primary N) is 1. The highest BCUT2D eigenvalue weighted by Crippen LogP contribution is 2.51. The molecule has 4 heteroatoms. The predicted molar refractivity (Wildman–Crippen MR) is 73.8 cm³/mol. The molecule has 18 heavy (non-hydrogen) atoms. The molecule has 3 nitrogen and oxygen atoms in total. The molecule has 1 heterocycles. The molecule has 1 fully saturated rings. The molecule has 1 saturated carbocycles. The van der Waals surface area contributed by atoms with Crippen LogP contribution < -0.4 is 15.2 Å². The molecule has 0 amide bonds. The third-order valence-corrected chi connectivity index (χ3v) is 3.98. The van der Waals surface area contributed by atoms with E-state index < -0.39 is 0 Å². The maximum absolute atomic E-state index is 6.18. The van der Waals surface area contributed by atoms with Gasteiger partial charge in [-0.2, -0.15) is 0 Å². The lowest BCUT2D eigenvalue weighted by Gasteiger charge is -2.46. The van der Waals surface area contributed by atoms with E-state index in [1.165, 1.54) is 5.56 Å². The SMILES string of the molecule is COc1cccc2c1OC1(C)CC2C[C@H](N)C1.Cl. The second-order valence-corrected chi connectivity index (χ2v) is 5.53. The van der Waals surface area contributed by atoms with Crippen LogP contribution in [0.3, 0.4) is 0 Å². The van der Waals surface area contributed by atoms with Crippen molar-refractivity contribution in [3.63, 3.8) is 0 Å². The number of fused-ring (bicyclic) bond motifs is 4. The number of para-hydroxylation sites is 1. The van der Waals surface area contributed by atoms with Crippen molar-refractivity contribution in [1.29, 1.82) is 0 Å². The van der Waals surface area contributed by atoms with Gasteiger partial charge in [-0.25, -0.2) is 0 Å². The lowest BCUT2D eigenvalue weighted by atomic mass is 9.71. The van der Waals surface area contributed by atoms with Gasteiger partial charge in [-0.15, -0.1) is 12.4 Å². The molecular formula is C14H20ClNO2. The van der Waals surface area contributed by atoms with E-state index in [1.54, 1.807) is 7.11 Å². The lowest BCUT2D eigenvalue weighted by molar-refractivity contribution is 0.0112. The van der Waals surface area contributed by atoms with Crippen LogP contribution in [0.15, 0.2) is 18.2 Å². The average molecular weight is 270 g/mol. The number of methoxy groups -OCH3 is 1. The Balaban J connectivity index is 0.00000120. The lowest BCUT2D eigenvalue weighted by Crippen LogP contribution is -2.48. The summed E-state index contributed by atoms with van der Waals surface area (Å²) in [7, 11) is 1.69. The fourth-order valence-corrected chi connectivity index (χ4v) is 3.38. The van der Waals surface area contributed by atoms with Gasteiger partial charge in [0.15, 0.2) is 11.5 Å². The number of rotatable bonds is 1. The molecule has 0 radical (unpaired) electrons. The van der Waals surface area contributed by atoms with E-state index in [4.69, 9.17) is 15.2 Å². The molecule has 2 N–H and O–H groups in total. The predicted octanol–water partition coefficient (Wildman–Crippen LogP) is 2.86. The third-order valence-electron chi connectivity index (χ3n) is 3.98. The van der Waals surface area contributed by atoms with Crippen LogP contribution in [-0.2, 0) is 0 Å². The standard InChI is InChI=1S/C14H19NO2.ClH/c1-14-7-9(6-10(15)8-14)11-4-3-5-12(16-2)13(11)17-14;/h3-5,9-10H,6-8,15H2,1-2H3;1H/t9?,10-,14?;/m0./s1. The Labute approximate surface area is 114 Å². The Morgan fingerprint density at radius 2 is 2.17 bits per heavy atom. The number of halogens is 1. The summed E-state index contributed by atoms with van der Waals surface area (Å²) < 4.78 is 11.6. The zero-order valence-corrected chi connectivity index (χ0v) is 11.6. The zero-order valence-electron chi connectivity index (χ0n) is 10.8. The topological polar surface area (TPSA) is 44.5 Å². The number of ether oxygens (including phenoxy) is 2. The van der Waals surface area contributed by atoms with Gasteiger partial charge in [0.2, 0.25) is 0 Å². The summed E-state index contributed by atoms with van der Waals surface area (Å²) in [6.07, 6.45) is 3.06. The molecule has 3 rings (SSSR count). The fourth-order valence-electron chi connectivity index (χ4n) is 3.38. The summed E-state index contributed by atoms with van der Waals surface area (Å²) in [5, 5.41) is 0. The van der Waals surface area contributed by atoms with Crippen molar-refractivity contribution in [2.75, 3.05) is 7.11 Å². The van der Waals surface area contributed by atoms with E-state index in [0.717, 1.165) is 30.8 Å². The van der Waals surface area contributed by atoms with Gasteiger partial charge in [0, 0.05) is 18.0 Å². The molecule has 2 aliphatic rings. The smallest absolute Gasteiger partial charge is 0.165 e. The third kappa shape index (κ3) is 2.06. The maximum Gasteiger partial charge on any atom is 0.165 e. The van der Waals surface area contributed by atoms with Crippen molar-refractivity contribution < 1.29 is 9.47 Å². The molecule has 0 aromatic heterocycles. The summed E-state index contributed by atoms with van der Waals surface area (Å²) in [5.74, 6) is 2.29. The quantitative estimate of drug-likeness (QED) is 0.853. The largest absolute Gasteiger partial charge is 0.493 e. The van der Waals surface area contributed by atoms with Gasteiger partial charge in [-0.05, 0) is 31.7 Å². The highest BCUT2D eigenvalue weighted by molar-refractivity contribution is 5.85. The minimum atomic E-state index is -0.121. The van der Waals surface area contributed by atoms with Crippen molar-refractivity contribution in [3.8, 4) is 11.5 Å². The second kappa shape index (κ2) is 4.63. The molecule has 2 unspecified atom stereocenters. The summed E-state index contributed by atoms with van der Waals surface area (Å²) >= 11 is 0. The maximum atomic E-state index is 6.18. The molecule has 0 spiro atoms. The van der Waals surface area contributed by atoms with Crippen molar-refractivity contribution in [2.45, 2.75) is 43.7 Å². The van der Waals surface area contributed by atoms with Gasteiger partial charge < -0.3 is 15.2 Å². The normalized spacial score (nSPS) is 32.8. The summed E-state index contributed by atoms with van der Waals surface area (Å²) in [6, 6.07) is 6.38. The van der Waals surface area contributed by atoms with E-state index in [9.17, 15) is 0 Å². The van der Waals surface area contributed by atoms with Crippen LogP contribution in [0.2, 0.25) is 0 Å². The van der Waals surface area contributed by atoms with Crippen LogP contribution in [0.1, 0.15) is 37.7 Å². The summed E-state index contributed by atoms with van der Waals surface area (Å²) in [6.45, 7) is 2.16. The Hall–Kier alpha value is -0.930. The minimum absolute atomic E-state index is 0. The van der Waals surface area contributed by atoms with E-state index in [-0.39, 0.29) is 24.0 Å².